The zero-order valence-corrected chi connectivity index (χ0v) is 40.4. The minimum absolute atomic E-state index is 0.184. The van der Waals surface area contributed by atoms with Crippen LogP contribution in [0.5, 0.6) is 0 Å². The van der Waals surface area contributed by atoms with Crippen LogP contribution >= 0.6 is 49.9 Å². The predicted octanol–water partition coefficient (Wildman–Crippen LogP) is 9.55. The van der Waals surface area contributed by atoms with Crippen molar-refractivity contribution in [3.05, 3.63) is 47.2 Å². The van der Waals surface area contributed by atoms with Crippen LogP contribution < -0.4 is 0 Å². The van der Waals surface area contributed by atoms with E-state index in [0.29, 0.717) is 5.01 Å². The quantitative estimate of drug-likeness (QED) is 0.103. The lowest BCUT2D eigenvalue weighted by Gasteiger charge is -2.18. The van der Waals surface area contributed by atoms with E-state index in [4.69, 9.17) is 27.1 Å². The summed E-state index contributed by atoms with van der Waals surface area (Å²) in [7, 11) is -2.47. The Hall–Kier alpha value is -3.11. The van der Waals surface area contributed by atoms with Gasteiger partial charge in [-0.3, -0.25) is 14.4 Å². The van der Waals surface area contributed by atoms with Crippen molar-refractivity contribution in [2.75, 3.05) is 0 Å². The van der Waals surface area contributed by atoms with Crippen molar-refractivity contribution < 1.29 is 28.6 Å². The Morgan fingerprint density at radius 3 is 1.24 bits per heavy atom. The first kappa shape index (κ1) is 50.9. The Morgan fingerprint density at radius 1 is 0.630 bits per heavy atom. The molecule has 9 nitrogen and oxygen atoms in total. The van der Waals surface area contributed by atoms with Crippen LogP contribution in [0.4, 0.5) is 0 Å². The molecule has 0 atom stereocenters. The molecule has 0 radical (unpaired) electrons. The molecule has 0 N–H and O–H groups in total. The van der Waals surface area contributed by atoms with Gasteiger partial charge < -0.3 is 14.2 Å². The summed E-state index contributed by atoms with van der Waals surface area (Å²) in [6.45, 7) is 29.7. The van der Waals surface area contributed by atoms with E-state index in [1.165, 1.54) is 34.0 Å². The van der Waals surface area contributed by atoms with E-state index in [2.05, 4.69) is 93.1 Å². The van der Waals surface area contributed by atoms with Crippen molar-refractivity contribution in [3.63, 3.8) is 0 Å². The lowest BCUT2D eigenvalue weighted by Crippen LogP contribution is -2.24. The van der Waals surface area contributed by atoms with Crippen molar-refractivity contribution in [2.45, 2.75) is 138 Å². The third-order valence-corrected chi connectivity index (χ3v) is 9.97. The van der Waals surface area contributed by atoms with Gasteiger partial charge >= 0.3 is 17.9 Å². The molecular formula is C39H56BrN3O6S3Si2. The number of terminal acetylenes is 2. The number of esters is 3. The van der Waals surface area contributed by atoms with Crippen molar-refractivity contribution >= 4 is 84.0 Å². The van der Waals surface area contributed by atoms with E-state index in [1.807, 2.05) is 62.3 Å². The fraction of sp³-hybridized carbons (Fsp3) is 0.538. The maximum absolute atomic E-state index is 11.7. The second-order valence-electron chi connectivity index (χ2n) is 16.6. The summed E-state index contributed by atoms with van der Waals surface area (Å²) >= 11 is 7.54. The fourth-order valence-electron chi connectivity index (χ4n) is 3.03. The van der Waals surface area contributed by atoms with Crippen LogP contribution in [0.1, 0.15) is 87.1 Å². The monoisotopic (exact) mass is 893 g/mol. The summed E-state index contributed by atoms with van der Waals surface area (Å²) in [5, 5.41) is 2.22. The molecule has 3 aromatic rings. The van der Waals surface area contributed by atoms with E-state index >= 15 is 0 Å². The molecule has 0 saturated carbocycles. The predicted molar refractivity (Wildman–Crippen MR) is 233 cm³/mol. The summed E-state index contributed by atoms with van der Waals surface area (Å²) in [6.07, 6.45) is 16.0. The lowest BCUT2D eigenvalue weighted by atomic mass is 10.2. The smallest absolute Gasteiger partial charge is 0.313 e. The topological polar surface area (TPSA) is 118 Å². The molecule has 0 fully saturated rings. The molecule has 0 aliphatic rings. The molecular weight excluding hydrogens is 839 g/mol. The number of rotatable bonds is 6. The van der Waals surface area contributed by atoms with Gasteiger partial charge in [-0.15, -0.1) is 57.9 Å². The first-order valence-electron chi connectivity index (χ1n) is 17.0. The first-order chi connectivity index (χ1) is 24.4. The Kier molecular flexibility index (Phi) is 21.2. The van der Waals surface area contributed by atoms with E-state index < -0.39 is 33.0 Å². The number of nitrogens with zero attached hydrogens (tertiary/aromatic N) is 3. The van der Waals surface area contributed by atoms with Gasteiger partial charge in [-0.25, -0.2) is 15.0 Å². The van der Waals surface area contributed by atoms with Crippen molar-refractivity contribution in [2.24, 2.45) is 0 Å². The molecule has 54 heavy (non-hydrogen) atoms. The summed E-state index contributed by atoms with van der Waals surface area (Å²) in [6, 6.07) is 0. The Morgan fingerprint density at radius 2 is 0.963 bits per heavy atom. The third kappa shape index (κ3) is 29.3. The number of hydrogen-bond donors (Lipinski definition) is 0. The Bertz CT molecular complexity index is 1810. The number of ether oxygens (including phenoxy) is 3. The molecule has 0 spiro atoms. The summed E-state index contributed by atoms with van der Waals surface area (Å²) in [5.41, 5.74) is 4.70. The molecule has 0 aliphatic carbocycles. The van der Waals surface area contributed by atoms with E-state index in [1.54, 1.807) is 18.6 Å². The fourth-order valence-corrected chi connectivity index (χ4v) is 6.39. The molecule has 0 unspecified atom stereocenters. The van der Waals surface area contributed by atoms with Crippen LogP contribution in [0.15, 0.2) is 22.4 Å². The zero-order valence-electron chi connectivity index (χ0n) is 34.4. The van der Waals surface area contributed by atoms with E-state index in [9.17, 15) is 14.4 Å². The third-order valence-electron chi connectivity index (χ3n) is 4.92. The molecule has 3 rings (SSSR count). The minimum atomic E-state index is -1.37. The van der Waals surface area contributed by atoms with Gasteiger partial charge in [0.25, 0.3) is 0 Å². The number of aromatic nitrogens is 3. The summed E-state index contributed by atoms with van der Waals surface area (Å²) in [4.78, 5) is 48.4. The normalized spacial score (nSPS) is 11.2. The average Bonchev–Trinajstić information content (AvgIpc) is 3.70. The molecule has 15 heteroatoms. The van der Waals surface area contributed by atoms with Crippen molar-refractivity contribution in [1.29, 1.82) is 0 Å². The Labute approximate surface area is 346 Å². The SMILES string of the molecule is C#C[Si](C)(C)C.C#Cc1cnc(CC(=O)OC(C)(C)C)s1.CC(C)(C)OC(=O)Cc1ncc(Br)s1.CC(C)(C)OC(=O)Cc1ncc(C#C[Si](C)(C)C)s1. The van der Waals surface area contributed by atoms with Gasteiger partial charge in [-0.05, 0) is 78.2 Å². The maximum Gasteiger partial charge on any atom is 0.313 e. The highest BCUT2D eigenvalue weighted by molar-refractivity contribution is 9.11. The Balaban J connectivity index is 0.000000732. The number of carbonyl (C=O) groups is 3. The zero-order chi connectivity index (χ0) is 42.1. The van der Waals surface area contributed by atoms with Crippen LogP contribution in [0.2, 0.25) is 39.3 Å². The van der Waals surface area contributed by atoms with Crippen LogP contribution in [-0.4, -0.2) is 65.8 Å². The van der Waals surface area contributed by atoms with Gasteiger partial charge in [0.05, 0.1) is 51.4 Å². The standard InChI is InChI=1S/C14H21NO2SSi.C11H13NO2S.C9H12BrNO2S.C5H10Si/c1-14(2,3)17-13(16)9-12-15-10-11(18-12)7-8-19(4,5)6;1-5-8-7-12-9(15-8)6-10(13)14-11(2,3)4;1-9(2,3)13-8(12)4-7-11-5-6(10)14-7;1-5-6(2,3)4/h10H,9H2,1-6H3;1,7H,6H2,2-4H3;5H,4H2,1-3H3;1H,2-4H3. The lowest BCUT2D eigenvalue weighted by molar-refractivity contribution is -0.155. The van der Waals surface area contributed by atoms with E-state index in [-0.39, 0.29) is 37.2 Å². The van der Waals surface area contributed by atoms with Crippen LogP contribution in [0.25, 0.3) is 0 Å². The highest BCUT2D eigenvalue weighted by atomic mass is 79.9. The van der Waals surface area contributed by atoms with Crippen LogP contribution in [-0.2, 0) is 47.9 Å². The van der Waals surface area contributed by atoms with Gasteiger partial charge in [0.15, 0.2) is 0 Å². The highest BCUT2D eigenvalue weighted by Gasteiger charge is 2.20. The van der Waals surface area contributed by atoms with E-state index in [0.717, 1.165) is 23.6 Å². The molecule has 296 valence electrons. The average molecular weight is 895 g/mol. The maximum atomic E-state index is 11.7. The van der Waals surface area contributed by atoms with Gasteiger partial charge in [0.1, 0.15) is 48.0 Å². The van der Waals surface area contributed by atoms with Crippen molar-refractivity contribution in [1.82, 2.24) is 15.0 Å². The second kappa shape index (κ2) is 22.4. The number of carbonyl (C=O) groups excluding carboxylic acids is 3. The van der Waals surface area contributed by atoms with Crippen LogP contribution in [0, 0.1) is 35.8 Å². The second-order valence-corrected chi connectivity index (χ2v) is 30.9. The van der Waals surface area contributed by atoms with Gasteiger partial charge in [0, 0.05) is 0 Å². The number of thiazole rings is 3. The largest absolute Gasteiger partial charge is 0.460 e. The highest BCUT2D eigenvalue weighted by Crippen LogP contribution is 2.21. The molecule has 0 bridgehead atoms. The van der Waals surface area contributed by atoms with Gasteiger partial charge in [0.2, 0.25) is 0 Å². The minimum Gasteiger partial charge on any atom is -0.460 e. The van der Waals surface area contributed by atoms with Crippen LogP contribution in [0.3, 0.4) is 0 Å². The molecule has 0 amide bonds. The number of halogens is 1. The summed E-state index contributed by atoms with van der Waals surface area (Å²) < 4.78 is 16.5. The first-order valence-corrected chi connectivity index (χ1v) is 27.3. The molecule has 0 saturated heterocycles. The van der Waals surface area contributed by atoms with Gasteiger partial charge in [-0.2, -0.15) is 0 Å². The van der Waals surface area contributed by atoms with Gasteiger partial charge in [-0.1, -0.05) is 51.1 Å². The molecule has 0 aromatic carbocycles. The van der Waals surface area contributed by atoms with Crippen molar-refractivity contribution in [3.8, 4) is 35.8 Å². The molecule has 0 aliphatic heterocycles. The number of hydrogen-bond acceptors (Lipinski definition) is 12. The molecule has 3 aromatic heterocycles. The molecule has 3 heterocycles. The summed E-state index contributed by atoms with van der Waals surface area (Å²) in [5.74, 6) is 4.86.